The smallest absolute Gasteiger partial charge is 0.0797 e. The SMILES string of the molecule is Cc1ncsc1[C@H]1C[C@@H]1N. The van der Waals surface area contributed by atoms with Crippen molar-refractivity contribution in [2.45, 2.75) is 25.3 Å². The van der Waals surface area contributed by atoms with Gasteiger partial charge < -0.3 is 5.73 Å². The second-order valence-corrected chi connectivity index (χ2v) is 3.69. The van der Waals surface area contributed by atoms with Crippen molar-refractivity contribution in [1.29, 1.82) is 0 Å². The summed E-state index contributed by atoms with van der Waals surface area (Å²) >= 11 is 1.73. The predicted molar refractivity (Wildman–Crippen MR) is 42.2 cm³/mol. The number of thiazole rings is 1. The van der Waals surface area contributed by atoms with Crippen LogP contribution < -0.4 is 5.73 Å². The minimum atomic E-state index is 0.416. The minimum Gasteiger partial charge on any atom is -0.327 e. The van der Waals surface area contributed by atoms with Crippen LogP contribution >= 0.6 is 11.3 Å². The number of nitrogens with zero attached hydrogens (tertiary/aromatic N) is 1. The maximum absolute atomic E-state index is 5.71. The molecule has 1 aromatic heterocycles. The second-order valence-electron chi connectivity index (χ2n) is 2.81. The van der Waals surface area contributed by atoms with Crippen LogP contribution in [-0.2, 0) is 0 Å². The average Bonchev–Trinajstić information content (AvgIpc) is 2.42. The predicted octanol–water partition coefficient (Wildman–Crippen LogP) is 1.27. The molecule has 1 saturated carbocycles. The summed E-state index contributed by atoms with van der Waals surface area (Å²) in [5, 5.41) is 0. The van der Waals surface area contributed by atoms with E-state index in [9.17, 15) is 0 Å². The van der Waals surface area contributed by atoms with E-state index >= 15 is 0 Å². The van der Waals surface area contributed by atoms with Gasteiger partial charge in [0, 0.05) is 16.8 Å². The van der Waals surface area contributed by atoms with Crippen molar-refractivity contribution in [3.63, 3.8) is 0 Å². The largest absolute Gasteiger partial charge is 0.327 e. The third-order valence-corrected chi connectivity index (χ3v) is 3.02. The van der Waals surface area contributed by atoms with Crippen LogP contribution in [0.15, 0.2) is 5.51 Å². The first-order valence-electron chi connectivity index (χ1n) is 3.44. The van der Waals surface area contributed by atoms with Crippen molar-refractivity contribution in [2.24, 2.45) is 5.73 Å². The summed E-state index contributed by atoms with van der Waals surface area (Å²) in [5.74, 6) is 0.632. The molecule has 0 aliphatic heterocycles. The Labute approximate surface area is 64.1 Å². The Morgan fingerprint density at radius 3 is 2.90 bits per heavy atom. The first kappa shape index (κ1) is 6.31. The Bertz CT molecular complexity index is 244. The Morgan fingerprint density at radius 2 is 2.50 bits per heavy atom. The van der Waals surface area contributed by atoms with E-state index in [-0.39, 0.29) is 0 Å². The van der Waals surface area contributed by atoms with Gasteiger partial charge in [-0.3, -0.25) is 0 Å². The molecule has 2 nitrogen and oxygen atoms in total. The fraction of sp³-hybridized carbons (Fsp3) is 0.571. The molecule has 1 aliphatic carbocycles. The zero-order chi connectivity index (χ0) is 7.14. The topological polar surface area (TPSA) is 38.9 Å². The molecule has 0 spiro atoms. The Hall–Kier alpha value is -0.410. The first-order valence-corrected chi connectivity index (χ1v) is 4.32. The van der Waals surface area contributed by atoms with Gasteiger partial charge in [0.05, 0.1) is 11.2 Å². The number of hydrogen-bond acceptors (Lipinski definition) is 3. The molecule has 1 fully saturated rings. The van der Waals surface area contributed by atoms with Gasteiger partial charge >= 0.3 is 0 Å². The maximum atomic E-state index is 5.71. The molecule has 2 N–H and O–H groups in total. The Morgan fingerprint density at radius 1 is 1.80 bits per heavy atom. The van der Waals surface area contributed by atoms with Crippen LogP contribution in [0.3, 0.4) is 0 Å². The highest BCUT2D eigenvalue weighted by molar-refractivity contribution is 7.09. The van der Waals surface area contributed by atoms with E-state index < -0.39 is 0 Å². The van der Waals surface area contributed by atoms with Crippen molar-refractivity contribution in [2.75, 3.05) is 0 Å². The molecule has 54 valence electrons. The highest BCUT2D eigenvalue weighted by Crippen LogP contribution is 2.42. The third-order valence-electron chi connectivity index (χ3n) is 1.96. The Balaban J connectivity index is 2.26. The molecule has 1 heterocycles. The molecule has 0 unspecified atom stereocenters. The molecule has 2 rings (SSSR count). The summed E-state index contributed by atoms with van der Waals surface area (Å²) in [6, 6.07) is 0.416. The lowest BCUT2D eigenvalue weighted by Crippen LogP contribution is -2.00. The first-order chi connectivity index (χ1) is 4.79. The van der Waals surface area contributed by atoms with Gasteiger partial charge in [0.1, 0.15) is 0 Å². The van der Waals surface area contributed by atoms with Crippen LogP contribution in [0.25, 0.3) is 0 Å². The number of nitrogens with two attached hydrogens (primary N) is 1. The number of aryl methyl sites for hydroxylation is 1. The van der Waals surface area contributed by atoms with Crippen molar-refractivity contribution in [3.05, 3.63) is 16.1 Å². The molecule has 0 radical (unpaired) electrons. The average molecular weight is 154 g/mol. The number of hydrogen-bond donors (Lipinski definition) is 1. The van der Waals surface area contributed by atoms with Gasteiger partial charge in [-0.15, -0.1) is 11.3 Å². The highest BCUT2D eigenvalue weighted by Gasteiger charge is 2.36. The molecule has 0 bridgehead atoms. The minimum absolute atomic E-state index is 0.416. The summed E-state index contributed by atoms with van der Waals surface area (Å²) < 4.78 is 0. The van der Waals surface area contributed by atoms with E-state index in [4.69, 9.17) is 5.73 Å². The van der Waals surface area contributed by atoms with Crippen LogP contribution in [0.2, 0.25) is 0 Å². The highest BCUT2D eigenvalue weighted by atomic mass is 32.1. The quantitative estimate of drug-likeness (QED) is 0.661. The normalized spacial score (nSPS) is 30.6. The van der Waals surface area contributed by atoms with E-state index in [2.05, 4.69) is 11.9 Å². The zero-order valence-corrected chi connectivity index (χ0v) is 6.69. The third kappa shape index (κ3) is 0.859. The lowest BCUT2D eigenvalue weighted by atomic mass is 10.3. The molecule has 0 saturated heterocycles. The molecule has 1 aromatic rings. The van der Waals surface area contributed by atoms with Crippen molar-refractivity contribution in [3.8, 4) is 0 Å². The van der Waals surface area contributed by atoms with E-state index in [1.165, 1.54) is 10.6 Å². The summed E-state index contributed by atoms with van der Waals surface area (Å²) in [5.41, 5.74) is 8.77. The van der Waals surface area contributed by atoms with Gasteiger partial charge in [-0.05, 0) is 13.3 Å². The molecule has 10 heavy (non-hydrogen) atoms. The summed E-state index contributed by atoms with van der Waals surface area (Å²) in [6.45, 7) is 2.05. The monoisotopic (exact) mass is 154 g/mol. The molecule has 0 amide bonds. The van der Waals surface area contributed by atoms with Gasteiger partial charge in [-0.2, -0.15) is 0 Å². The summed E-state index contributed by atoms with van der Waals surface area (Å²) in [6.07, 6.45) is 1.16. The Kier molecular flexibility index (Phi) is 1.28. The van der Waals surface area contributed by atoms with E-state index in [1.807, 2.05) is 5.51 Å². The fourth-order valence-corrected chi connectivity index (χ4v) is 2.18. The van der Waals surface area contributed by atoms with E-state index in [1.54, 1.807) is 11.3 Å². The van der Waals surface area contributed by atoms with Crippen LogP contribution in [0.4, 0.5) is 0 Å². The molecular weight excluding hydrogens is 144 g/mol. The molecule has 0 aromatic carbocycles. The van der Waals surface area contributed by atoms with Crippen molar-refractivity contribution in [1.82, 2.24) is 4.98 Å². The molecule has 3 heteroatoms. The van der Waals surface area contributed by atoms with Crippen molar-refractivity contribution >= 4 is 11.3 Å². The second kappa shape index (κ2) is 2.04. The molecule has 1 aliphatic rings. The lowest BCUT2D eigenvalue weighted by molar-refractivity contribution is 0.990. The van der Waals surface area contributed by atoms with Crippen LogP contribution in [-0.4, -0.2) is 11.0 Å². The zero-order valence-electron chi connectivity index (χ0n) is 5.87. The van der Waals surface area contributed by atoms with Gasteiger partial charge in [-0.1, -0.05) is 0 Å². The van der Waals surface area contributed by atoms with Crippen LogP contribution in [0, 0.1) is 6.92 Å². The van der Waals surface area contributed by atoms with Gasteiger partial charge in [0.25, 0.3) is 0 Å². The van der Waals surface area contributed by atoms with Gasteiger partial charge in [0.15, 0.2) is 0 Å². The van der Waals surface area contributed by atoms with Crippen LogP contribution in [0.1, 0.15) is 22.9 Å². The standard InChI is InChI=1S/C7H10N2S/c1-4-7(10-3-9-4)5-2-6(5)8/h3,5-6H,2,8H2,1H3/t5-,6-/m0/s1. The number of aromatic nitrogens is 1. The maximum Gasteiger partial charge on any atom is 0.0797 e. The number of rotatable bonds is 1. The van der Waals surface area contributed by atoms with Crippen LogP contribution in [0.5, 0.6) is 0 Å². The lowest BCUT2D eigenvalue weighted by Gasteiger charge is -1.91. The summed E-state index contributed by atoms with van der Waals surface area (Å²) in [4.78, 5) is 5.57. The molecular formula is C7H10N2S. The van der Waals surface area contributed by atoms with E-state index in [0.29, 0.717) is 12.0 Å². The van der Waals surface area contributed by atoms with E-state index in [0.717, 1.165) is 6.42 Å². The van der Waals surface area contributed by atoms with Gasteiger partial charge in [0.2, 0.25) is 0 Å². The van der Waals surface area contributed by atoms with Crippen molar-refractivity contribution < 1.29 is 0 Å². The van der Waals surface area contributed by atoms with Gasteiger partial charge in [-0.25, -0.2) is 4.98 Å². The summed E-state index contributed by atoms with van der Waals surface area (Å²) in [7, 11) is 0. The fourth-order valence-electron chi connectivity index (χ4n) is 1.18. The molecule has 2 atom stereocenters.